The third-order valence-corrected chi connectivity index (χ3v) is 5.51. The van der Waals surface area contributed by atoms with Crippen molar-refractivity contribution in [1.82, 2.24) is 4.90 Å². The first-order chi connectivity index (χ1) is 12.8. The highest BCUT2D eigenvalue weighted by molar-refractivity contribution is 5.14. The van der Waals surface area contributed by atoms with Gasteiger partial charge >= 0.3 is 0 Å². The van der Waals surface area contributed by atoms with Crippen LogP contribution in [0.4, 0.5) is 0 Å². The Balaban J connectivity index is 1.58. The molecule has 0 saturated carbocycles. The van der Waals surface area contributed by atoms with Crippen LogP contribution in [0.3, 0.4) is 0 Å². The number of rotatable bonds is 9. The van der Waals surface area contributed by atoms with E-state index in [2.05, 4.69) is 48.4 Å². The lowest BCUT2D eigenvalue weighted by atomic mass is 9.81. The number of hydrogen-bond donors (Lipinski definition) is 0. The maximum atomic E-state index is 6.20. The number of hydrogen-bond acceptors (Lipinski definition) is 4. The van der Waals surface area contributed by atoms with Crippen LogP contribution >= 0.6 is 0 Å². The zero-order valence-corrected chi connectivity index (χ0v) is 15.6. The van der Waals surface area contributed by atoms with Gasteiger partial charge in [0.15, 0.2) is 6.29 Å². The van der Waals surface area contributed by atoms with Gasteiger partial charge in [0.05, 0.1) is 25.9 Å². The highest BCUT2D eigenvalue weighted by atomic mass is 16.7. The second-order valence-corrected chi connectivity index (χ2v) is 7.17. The quantitative estimate of drug-likeness (QED) is 0.627. The zero-order valence-electron chi connectivity index (χ0n) is 15.6. The average molecular weight is 357 g/mol. The topological polar surface area (TPSA) is 30.9 Å². The number of ether oxygens (including phenoxy) is 3. The summed E-state index contributed by atoms with van der Waals surface area (Å²) >= 11 is 0. The molecule has 0 spiro atoms. The van der Waals surface area contributed by atoms with E-state index >= 15 is 0 Å². The smallest absolute Gasteiger partial charge is 0.157 e. The third kappa shape index (κ3) is 4.83. The van der Waals surface area contributed by atoms with Crippen molar-refractivity contribution >= 4 is 0 Å². The summed E-state index contributed by atoms with van der Waals surface area (Å²) in [7, 11) is 0. The molecule has 2 fully saturated rings. The summed E-state index contributed by atoms with van der Waals surface area (Å²) in [6.07, 6.45) is 8.22. The molecule has 1 unspecified atom stereocenters. The van der Waals surface area contributed by atoms with Crippen LogP contribution in [-0.2, 0) is 20.8 Å². The summed E-state index contributed by atoms with van der Waals surface area (Å²) in [5.74, 6) is 0. The lowest BCUT2D eigenvalue weighted by Gasteiger charge is -2.48. The van der Waals surface area contributed by atoms with Crippen molar-refractivity contribution < 1.29 is 14.2 Å². The van der Waals surface area contributed by atoms with Gasteiger partial charge in [-0.3, -0.25) is 4.90 Å². The maximum absolute atomic E-state index is 6.20. The van der Waals surface area contributed by atoms with E-state index in [0.717, 1.165) is 38.8 Å². The van der Waals surface area contributed by atoms with Gasteiger partial charge in [0.25, 0.3) is 0 Å². The molecule has 0 N–H and O–H groups in total. The van der Waals surface area contributed by atoms with E-state index in [0.29, 0.717) is 19.8 Å². The van der Waals surface area contributed by atoms with Gasteiger partial charge in [0, 0.05) is 25.0 Å². The Kier molecular flexibility index (Phi) is 7.03. The van der Waals surface area contributed by atoms with Crippen molar-refractivity contribution in [3.05, 3.63) is 61.2 Å². The number of benzene rings is 1. The van der Waals surface area contributed by atoms with E-state index in [1.54, 1.807) is 0 Å². The molecule has 2 heterocycles. The van der Waals surface area contributed by atoms with E-state index < -0.39 is 0 Å². The van der Waals surface area contributed by atoms with Gasteiger partial charge in [0.1, 0.15) is 0 Å². The van der Waals surface area contributed by atoms with E-state index in [1.165, 1.54) is 5.56 Å². The van der Waals surface area contributed by atoms with Crippen molar-refractivity contribution in [3.8, 4) is 0 Å². The predicted octanol–water partition coefficient (Wildman–Crippen LogP) is 3.93. The largest absolute Gasteiger partial charge is 0.372 e. The van der Waals surface area contributed by atoms with E-state index in [9.17, 15) is 0 Å². The summed E-state index contributed by atoms with van der Waals surface area (Å²) < 4.78 is 17.4. The molecule has 0 aliphatic carbocycles. The minimum atomic E-state index is -0.0653. The SMILES string of the molecule is C=CCN1CC(OCc2ccccc2)CC[C@]1(C=C)CCC1OCCO1. The lowest BCUT2D eigenvalue weighted by molar-refractivity contribution is -0.0725. The van der Waals surface area contributed by atoms with Crippen molar-refractivity contribution in [1.29, 1.82) is 0 Å². The molecular formula is C22H31NO3. The summed E-state index contributed by atoms with van der Waals surface area (Å²) in [6, 6.07) is 10.4. The molecule has 1 aromatic carbocycles. The van der Waals surface area contributed by atoms with Crippen LogP contribution in [0.15, 0.2) is 55.6 Å². The molecule has 26 heavy (non-hydrogen) atoms. The van der Waals surface area contributed by atoms with Crippen molar-refractivity contribution in [2.75, 3.05) is 26.3 Å². The van der Waals surface area contributed by atoms with Gasteiger partial charge in [-0.2, -0.15) is 0 Å². The van der Waals surface area contributed by atoms with Crippen LogP contribution in [0.5, 0.6) is 0 Å². The Labute approximate surface area is 157 Å². The highest BCUT2D eigenvalue weighted by Gasteiger charge is 2.39. The lowest BCUT2D eigenvalue weighted by Crippen LogP contribution is -2.55. The molecule has 2 atom stereocenters. The van der Waals surface area contributed by atoms with Crippen LogP contribution in [0.25, 0.3) is 0 Å². The molecule has 0 amide bonds. The van der Waals surface area contributed by atoms with E-state index in [4.69, 9.17) is 14.2 Å². The molecular weight excluding hydrogens is 326 g/mol. The van der Waals surface area contributed by atoms with Crippen LogP contribution in [0.2, 0.25) is 0 Å². The van der Waals surface area contributed by atoms with Gasteiger partial charge in [-0.05, 0) is 24.8 Å². The predicted molar refractivity (Wildman–Crippen MR) is 104 cm³/mol. The summed E-state index contributed by atoms with van der Waals surface area (Å²) in [4.78, 5) is 2.46. The molecule has 2 aliphatic heterocycles. The minimum Gasteiger partial charge on any atom is -0.372 e. The number of piperidine rings is 1. The highest BCUT2D eigenvalue weighted by Crippen LogP contribution is 2.35. The van der Waals surface area contributed by atoms with Crippen LogP contribution in [-0.4, -0.2) is 49.1 Å². The normalized spacial score (nSPS) is 27.5. The summed E-state index contributed by atoms with van der Waals surface area (Å²) in [5, 5.41) is 0. The minimum absolute atomic E-state index is 0.0316. The van der Waals surface area contributed by atoms with Crippen molar-refractivity contribution in [3.63, 3.8) is 0 Å². The molecule has 0 radical (unpaired) electrons. The summed E-state index contributed by atoms with van der Waals surface area (Å²) in [5.41, 5.74) is 1.19. The van der Waals surface area contributed by atoms with Gasteiger partial charge < -0.3 is 14.2 Å². The standard InChI is InChI=1S/C22H31NO3/c1-3-14-23-17-20(26-18-19-8-6-5-7-9-19)10-12-22(23,4-2)13-11-21-24-15-16-25-21/h3-9,20-21H,1-2,10-18H2/t20?,22-/m1/s1. The van der Waals surface area contributed by atoms with Gasteiger partial charge in [-0.1, -0.05) is 42.5 Å². The fourth-order valence-corrected chi connectivity index (χ4v) is 3.98. The molecule has 4 heteroatoms. The van der Waals surface area contributed by atoms with Crippen LogP contribution in [0.1, 0.15) is 31.2 Å². The molecule has 2 aliphatic rings. The Morgan fingerprint density at radius 2 is 1.96 bits per heavy atom. The monoisotopic (exact) mass is 357 g/mol. The Bertz CT molecular complexity index is 570. The molecule has 142 valence electrons. The molecule has 3 rings (SSSR count). The second kappa shape index (κ2) is 9.47. The first-order valence-corrected chi connectivity index (χ1v) is 9.64. The third-order valence-electron chi connectivity index (χ3n) is 5.51. The first-order valence-electron chi connectivity index (χ1n) is 9.64. The van der Waals surface area contributed by atoms with E-state index in [-0.39, 0.29) is 17.9 Å². The molecule has 4 nitrogen and oxygen atoms in total. The molecule has 2 saturated heterocycles. The summed E-state index contributed by atoms with van der Waals surface area (Å²) in [6.45, 7) is 11.9. The second-order valence-electron chi connectivity index (χ2n) is 7.17. The molecule has 0 bridgehead atoms. The van der Waals surface area contributed by atoms with Crippen molar-refractivity contribution in [2.24, 2.45) is 0 Å². The first kappa shape index (κ1) is 19.3. The fourth-order valence-electron chi connectivity index (χ4n) is 3.98. The van der Waals surface area contributed by atoms with Gasteiger partial charge in [-0.25, -0.2) is 0 Å². The average Bonchev–Trinajstić information content (AvgIpc) is 3.21. The van der Waals surface area contributed by atoms with E-state index in [1.807, 2.05) is 12.1 Å². The zero-order chi connectivity index (χ0) is 18.2. The maximum Gasteiger partial charge on any atom is 0.157 e. The molecule has 1 aromatic rings. The number of nitrogens with zero attached hydrogens (tertiary/aromatic N) is 1. The van der Waals surface area contributed by atoms with Gasteiger partial charge in [-0.15, -0.1) is 13.2 Å². The Morgan fingerprint density at radius 3 is 2.65 bits per heavy atom. The Hall–Kier alpha value is -1.46. The molecule has 0 aromatic heterocycles. The Morgan fingerprint density at radius 1 is 1.19 bits per heavy atom. The van der Waals surface area contributed by atoms with Crippen molar-refractivity contribution in [2.45, 2.75) is 50.2 Å². The van der Waals surface area contributed by atoms with Gasteiger partial charge in [0.2, 0.25) is 0 Å². The number of likely N-dealkylation sites (tertiary alicyclic amines) is 1. The van der Waals surface area contributed by atoms with Crippen LogP contribution in [0, 0.1) is 0 Å². The van der Waals surface area contributed by atoms with Crippen LogP contribution < -0.4 is 0 Å². The fraction of sp³-hybridized carbons (Fsp3) is 0.545.